The summed E-state index contributed by atoms with van der Waals surface area (Å²) in [5, 5.41) is 10.6. The second kappa shape index (κ2) is 13.6. The molecule has 0 radical (unpaired) electrons. The summed E-state index contributed by atoms with van der Waals surface area (Å²) in [6, 6.07) is 11.4. The molecule has 2 fully saturated rings. The minimum absolute atomic E-state index is 0.505. The smallest absolute Gasteiger partial charge is 0.226 e. The number of nitrogens with one attached hydrogen (secondary N) is 3. The van der Waals surface area contributed by atoms with E-state index in [2.05, 4.69) is 61.9 Å². The monoisotopic (exact) mass is 480 g/mol. The first-order valence-electron chi connectivity index (χ1n) is 13.6. The fraction of sp³-hybridized carbons (Fsp3) is 0.630. The average Bonchev–Trinajstić information content (AvgIpc) is 2.90. The predicted molar refractivity (Wildman–Crippen MR) is 146 cm³/mol. The number of hydrogen-bond donors (Lipinski definition) is 4. The third-order valence-corrected chi connectivity index (χ3v) is 7.25. The number of benzene rings is 1. The van der Waals surface area contributed by atoms with Crippen LogP contribution in [-0.4, -0.2) is 66.7 Å². The fourth-order valence-electron chi connectivity index (χ4n) is 5.00. The number of rotatable bonds is 12. The largest absolute Gasteiger partial charge is 0.383 e. The van der Waals surface area contributed by atoms with Crippen molar-refractivity contribution in [3.63, 3.8) is 0 Å². The van der Waals surface area contributed by atoms with Crippen molar-refractivity contribution in [2.24, 2.45) is 0 Å². The van der Waals surface area contributed by atoms with E-state index in [4.69, 9.17) is 10.7 Å². The molecule has 1 saturated carbocycles. The molecule has 1 aliphatic carbocycles. The quantitative estimate of drug-likeness (QED) is 0.344. The van der Waals surface area contributed by atoms with E-state index in [1.807, 2.05) is 6.07 Å². The molecule has 8 heteroatoms. The molecular weight excluding hydrogens is 436 g/mol. The normalized spacial score (nSPS) is 17.6. The number of nitrogens with two attached hydrogens (primary N) is 1. The molecule has 1 aromatic heterocycles. The summed E-state index contributed by atoms with van der Waals surface area (Å²) in [6.07, 6.45) is 8.10. The van der Waals surface area contributed by atoms with Gasteiger partial charge in [0.25, 0.3) is 0 Å². The van der Waals surface area contributed by atoms with Crippen molar-refractivity contribution in [2.75, 3.05) is 61.8 Å². The van der Waals surface area contributed by atoms with E-state index < -0.39 is 0 Å². The number of nitrogen functional groups attached to an aromatic ring is 1. The summed E-state index contributed by atoms with van der Waals surface area (Å²) in [6.45, 7) is 11.1. The maximum Gasteiger partial charge on any atom is 0.226 e. The van der Waals surface area contributed by atoms with E-state index in [0.29, 0.717) is 18.3 Å². The maximum absolute atomic E-state index is 6.08. The summed E-state index contributed by atoms with van der Waals surface area (Å²) in [7, 11) is 0. The van der Waals surface area contributed by atoms with Crippen molar-refractivity contribution in [2.45, 2.75) is 64.6 Å². The molecule has 0 atom stereocenters. The topological polar surface area (TPSA) is 94.4 Å². The number of hydrogen-bond acceptors (Lipinski definition) is 8. The van der Waals surface area contributed by atoms with Crippen LogP contribution in [0.2, 0.25) is 0 Å². The lowest BCUT2D eigenvalue weighted by molar-refractivity contribution is 0.270. The highest BCUT2D eigenvalue weighted by Gasteiger charge is 2.18. The lowest BCUT2D eigenvalue weighted by Gasteiger charge is -2.34. The molecule has 35 heavy (non-hydrogen) atoms. The molecule has 0 bridgehead atoms. The molecule has 8 nitrogen and oxygen atoms in total. The van der Waals surface area contributed by atoms with Crippen molar-refractivity contribution in [1.29, 1.82) is 0 Å². The molecule has 2 aromatic rings. The second-order valence-corrected chi connectivity index (χ2v) is 9.89. The Kier molecular flexibility index (Phi) is 9.98. The lowest BCUT2D eigenvalue weighted by atomic mass is 9.95. The van der Waals surface area contributed by atoms with Gasteiger partial charge in [0, 0.05) is 51.4 Å². The van der Waals surface area contributed by atoms with Crippen LogP contribution in [0.5, 0.6) is 0 Å². The van der Waals surface area contributed by atoms with Gasteiger partial charge < -0.3 is 31.5 Å². The molecule has 4 rings (SSSR count). The Morgan fingerprint density at radius 3 is 2.34 bits per heavy atom. The van der Waals surface area contributed by atoms with Crippen LogP contribution in [0.25, 0.3) is 0 Å². The van der Waals surface area contributed by atoms with Gasteiger partial charge in [0.1, 0.15) is 11.6 Å². The van der Waals surface area contributed by atoms with E-state index in [-0.39, 0.29) is 0 Å². The Morgan fingerprint density at radius 2 is 1.63 bits per heavy atom. The minimum Gasteiger partial charge on any atom is -0.383 e. The van der Waals surface area contributed by atoms with Gasteiger partial charge in [-0.05, 0) is 50.0 Å². The van der Waals surface area contributed by atoms with Gasteiger partial charge in [-0.25, -0.2) is 0 Å². The zero-order chi connectivity index (χ0) is 24.3. The van der Waals surface area contributed by atoms with E-state index >= 15 is 0 Å². The molecule has 0 unspecified atom stereocenters. The van der Waals surface area contributed by atoms with Crippen molar-refractivity contribution < 1.29 is 0 Å². The molecule has 5 N–H and O–H groups in total. The lowest BCUT2D eigenvalue weighted by Crippen LogP contribution is -2.46. The van der Waals surface area contributed by atoms with Gasteiger partial charge in [-0.1, -0.05) is 50.5 Å². The Morgan fingerprint density at radius 1 is 0.914 bits per heavy atom. The van der Waals surface area contributed by atoms with E-state index in [1.54, 1.807) is 0 Å². The van der Waals surface area contributed by atoms with Crippen LogP contribution < -0.4 is 26.6 Å². The third kappa shape index (κ3) is 8.33. The van der Waals surface area contributed by atoms with Crippen molar-refractivity contribution >= 4 is 17.6 Å². The van der Waals surface area contributed by atoms with Crippen LogP contribution in [-0.2, 0) is 13.1 Å². The zero-order valence-electron chi connectivity index (χ0n) is 21.4. The van der Waals surface area contributed by atoms with Crippen LogP contribution in [0.15, 0.2) is 30.3 Å². The number of anilines is 3. The van der Waals surface area contributed by atoms with Crippen LogP contribution in [0, 0.1) is 0 Å². The Hall–Kier alpha value is -2.42. The molecule has 192 valence electrons. The standard InChI is InChI=1S/C27H44N8/c1-2-34-15-17-35(18-16-34)26-19-25(28)32-27(33-26)31-21-23-11-9-22(10-12-23)20-29-13-6-14-30-24-7-4-3-5-8-24/h9-12,19,24,29-30H,2-8,13-18,20-21H2,1H3,(H3,28,31,32,33). The Labute approximate surface area is 211 Å². The highest BCUT2D eigenvalue weighted by atomic mass is 15.3. The maximum atomic E-state index is 6.08. The molecule has 0 spiro atoms. The third-order valence-electron chi connectivity index (χ3n) is 7.25. The number of nitrogens with zero attached hydrogens (tertiary/aromatic N) is 4. The summed E-state index contributed by atoms with van der Waals surface area (Å²) >= 11 is 0. The highest BCUT2D eigenvalue weighted by Crippen LogP contribution is 2.19. The molecule has 1 saturated heterocycles. The van der Waals surface area contributed by atoms with Crippen LogP contribution in [0.1, 0.15) is 56.6 Å². The summed E-state index contributed by atoms with van der Waals surface area (Å²) in [5.74, 6) is 2.00. The van der Waals surface area contributed by atoms with Gasteiger partial charge in [0.15, 0.2) is 0 Å². The second-order valence-electron chi connectivity index (χ2n) is 9.89. The Balaban J connectivity index is 1.16. The molecule has 2 aliphatic rings. The van der Waals surface area contributed by atoms with Gasteiger partial charge in [0.2, 0.25) is 5.95 Å². The van der Waals surface area contributed by atoms with Gasteiger partial charge in [-0.2, -0.15) is 9.97 Å². The van der Waals surface area contributed by atoms with Crippen molar-refractivity contribution in [1.82, 2.24) is 25.5 Å². The molecule has 0 amide bonds. The first kappa shape index (κ1) is 25.7. The van der Waals surface area contributed by atoms with Crippen LogP contribution in [0.3, 0.4) is 0 Å². The molecule has 1 aliphatic heterocycles. The van der Waals surface area contributed by atoms with E-state index in [0.717, 1.165) is 64.2 Å². The summed E-state index contributed by atoms with van der Waals surface area (Å²) in [4.78, 5) is 13.9. The van der Waals surface area contributed by atoms with Crippen LogP contribution in [0.4, 0.5) is 17.6 Å². The molecular formula is C27H44N8. The van der Waals surface area contributed by atoms with Gasteiger partial charge in [-0.15, -0.1) is 0 Å². The Bertz CT molecular complexity index is 873. The SMILES string of the molecule is CCN1CCN(c2cc(N)nc(NCc3ccc(CNCCCNC4CCCCC4)cc3)n2)CC1. The highest BCUT2D eigenvalue weighted by molar-refractivity contribution is 5.52. The minimum atomic E-state index is 0.505. The van der Waals surface area contributed by atoms with E-state index in [1.165, 1.54) is 49.7 Å². The number of likely N-dealkylation sites (N-methyl/N-ethyl adjacent to an activating group) is 1. The fourth-order valence-corrected chi connectivity index (χ4v) is 5.00. The first-order valence-corrected chi connectivity index (χ1v) is 13.6. The van der Waals surface area contributed by atoms with Crippen LogP contribution >= 0.6 is 0 Å². The summed E-state index contributed by atoms with van der Waals surface area (Å²) in [5.41, 5.74) is 8.60. The molecule has 1 aromatic carbocycles. The van der Waals surface area contributed by atoms with Gasteiger partial charge in [0.05, 0.1) is 0 Å². The average molecular weight is 481 g/mol. The number of aromatic nitrogens is 2. The number of piperazine rings is 1. The molecule has 2 heterocycles. The van der Waals surface area contributed by atoms with Gasteiger partial charge in [-0.3, -0.25) is 0 Å². The van der Waals surface area contributed by atoms with Gasteiger partial charge >= 0.3 is 0 Å². The first-order chi connectivity index (χ1) is 17.2. The predicted octanol–water partition coefficient (Wildman–Crippen LogP) is 3.21. The van der Waals surface area contributed by atoms with Crippen molar-refractivity contribution in [3.05, 3.63) is 41.5 Å². The zero-order valence-corrected chi connectivity index (χ0v) is 21.4. The van der Waals surface area contributed by atoms with Crippen molar-refractivity contribution in [3.8, 4) is 0 Å². The summed E-state index contributed by atoms with van der Waals surface area (Å²) < 4.78 is 0. The van der Waals surface area contributed by atoms with E-state index in [9.17, 15) is 0 Å².